The molecule has 2 aromatic carbocycles. The van der Waals surface area contributed by atoms with Crippen LogP contribution in [0.4, 0.5) is 19.2 Å². The van der Waals surface area contributed by atoms with Gasteiger partial charge in [-0.2, -0.15) is 0 Å². The van der Waals surface area contributed by atoms with Crippen LogP contribution in [0.5, 0.6) is 23.0 Å². The molecule has 0 fully saturated rings. The maximum absolute atomic E-state index is 13.2. The smallest absolute Gasteiger partial charge is 1.00 e. The number of rotatable bonds is 30. The molecule has 0 spiro atoms. The third-order valence-electron chi connectivity index (χ3n) is 13.2. The van der Waals surface area contributed by atoms with Crippen molar-refractivity contribution in [1.29, 1.82) is 0 Å². The van der Waals surface area contributed by atoms with E-state index < -0.39 is 48.3 Å². The molecule has 4 atom stereocenters. The molecule has 0 bridgehead atoms. The summed E-state index contributed by atoms with van der Waals surface area (Å²) in [5.41, 5.74) is 1.47. The molecule has 0 saturated carbocycles. The SMILES string of the molecule is CCCC[C@@H](COC(=O)N(Cc1cccs1)Cc1cccs1)NC(=O)N[C@@H](CC(=O)OC)c1ccc2c(c1)OCO2.CCCC[C@@H](COC(=O)N(Cc1cccs1)Cc1cccs1)NC(=O)N[C@@H](CCO)c1ccc2c(c1)OCO2.CCOCC.[B].[H-].[Li+]. The third kappa shape index (κ3) is 25.7. The Hall–Kier alpha value is -6.43. The van der Waals surface area contributed by atoms with Gasteiger partial charge < -0.3 is 65.7 Å². The molecule has 0 unspecified atom stereocenters. The van der Waals surface area contributed by atoms with Gasteiger partial charge in [-0.1, -0.05) is 75.9 Å². The maximum atomic E-state index is 13.2. The first-order valence-electron chi connectivity index (χ1n) is 28.5. The van der Waals surface area contributed by atoms with E-state index in [1.54, 1.807) is 79.4 Å². The zero-order valence-corrected chi connectivity index (χ0v) is 53.8. The van der Waals surface area contributed by atoms with E-state index in [4.69, 9.17) is 37.9 Å². The molecule has 5 N–H and O–H groups in total. The fourth-order valence-corrected chi connectivity index (χ4v) is 11.6. The molecular formula is C61H81BLiN6O14S4. The molecular weight excluding hydrogens is 1190 g/mol. The quantitative estimate of drug-likeness (QED) is 0.0161. The second-order valence-corrected chi connectivity index (χ2v) is 23.6. The van der Waals surface area contributed by atoms with Crippen molar-refractivity contribution in [3.8, 4) is 23.0 Å². The first-order chi connectivity index (χ1) is 41.4. The number of amides is 6. The molecule has 0 saturated heterocycles. The number of esters is 1. The summed E-state index contributed by atoms with van der Waals surface area (Å²) in [6.45, 7) is 11.8. The molecule has 8 rings (SSSR count). The Morgan fingerprint density at radius 1 is 0.563 bits per heavy atom. The van der Waals surface area contributed by atoms with Crippen molar-refractivity contribution in [2.24, 2.45) is 0 Å². The number of unbranched alkanes of at least 4 members (excludes halogenated alkanes) is 2. The Labute approximate surface area is 542 Å². The van der Waals surface area contributed by atoms with Crippen LogP contribution in [0.1, 0.15) is 123 Å². The summed E-state index contributed by atoms with van der Waals surface area (Å²) in [5.74, 6) is 1.94. The van der Waals surface area contributed by atoms with Crippen LogP contribution in [0.2, 0.25) is 0 Å². The summed E-state index contributed by atoms with van der Waals surface area (Å²) >= 11 is 6.36. The summed E-state index contributed by atoms with van der Waals surface area (Å²) in [6, 6.07) is 23.8. The number of ether oxygens (including phenoxy) is 8. The topological polar surface area (TPSA) is 234 Å². The van der Waals surface area contributed by atoms with Gasteiger partial charge in [0.05, 0.1) is 63.9 Å². The standard InChI is InChI=1S/C29H35N3O7S2.C28H35N3O6S2.C4H10O.B.Li.H/c1-3-4-7-21(18-37-29(35)32(16-22-8-5-12-40-22)17-23-9-6-13-41-23)30-28(34)31-24(15-27(33)36-2)20-10-11-25-26(14-20)39-19-38-25;1-2-3-6-21(18-35-28(34)31(16-22-7-4-13-38-22)17-23-8-5-14-39-23)29-27(33)30-24(11-12-32)20-9-10-25-26(15-20)37-19-36-25;1-3-5-4-2;;;/h5-6,8-14,21,24H,3-4,7,15-19H2,1-2H3,(H2,30,31,34);4-5,7-10,13-15,21,24,32H,2-3,6,11-12,16-19H2,1H3,(H2,29,30,33);3-4H2,1-2H3;;;/q;;;;+1;-1/t2*21-,24-;;;;/m00..../s1. The summed E-state index contributed by atoms with van der Waals surface area (Å²) in [4.78, 5) is 72.2. The fraction of sp³-hybridized carbons (Fsp3) is 0.459. The second-order valence-electron chi connectivity index (χ2n) is 19.5. The van der Waals surface area contributed by atoms with E-state index in [1.165, 1.54) is 7.11 Å². The van der Waals surface area contributed by atoms with Gasteiger partial charge in [-0.05, 0) is 114 Å². The predicted molar refractivity (Wildman–Crippen MR) is 336 cm³/mol. The Bertz CT molecular complexity index is 2830. The number of fused-ring (bicyclic) bond motifs is 2. The summed E-state index contributed by atoms with van der Waals surface area (Å²) in [7, 11) is 1.30. The number of urea groups is 2. The van der Waals surface area contributed by atoms with E-state index in [0.717, 1.165) is 64.0 Å². The van der Waals surface area contributed by atoms with Gasteiger partial charge in [0, 0.05) is 47.7 Å². The molecule has 2 aliphatic rings. The van der Waals surface area contributed by atoms with E-state index in [1.807, 2.05) is 96.0 Å². The van der Waals surface area contributed by atoms with Crippen LogP contribution >= 0.6 is 45.3 Å². The van der Waals surface area contributed by atoms with E-state index in [-0.39, 0.29) is 74.6 Å². The minimum Gasteiger partial charge on any atom is -1.00 e. The van der Waals surface area contributed by atoms with Crippen LogP contribution in [-0.4, -0.2) is 119 Å². The number of aliphatic hydroxyl groups excluding tert-OH is 1. The van der Waals surface area contributed by atoms with E-state index in [0.29, 0.717) is 74.0 Å². The van der Waals surface area contributed by atoms with Crippen molar-refractivity contribution in [3.63, 3.8) is 0 Å². The number of nitrogens with zero attached hydrogens (tertiary/aromatic N) is 2. The maximum Gasteiger partial charge on any atom is 1.00 e. The molecule has 87 heavy (non-hydrogen) atoms. The van der Waals surface area contributed by atoms with Gasteiger partial charge in [0.25, 0.3) is 0 Å². The normalized spacial score (nSPS) is 12.8. The Balaban J connectivity index is 0.000000414. The largest absolute Gasteiger partial charge is 1.00 e. The van der Waals surface area contributed by atoms with Crippen molar-refractivity contribution >= 4 is 84.0 Å². The van der Waals surface area contributed by atoms with E-state index in [2.05, 4.69) is 35.1 Å². The van der Waals surface area contributed by atoms with Crippen molar-refractivity contribution < 1.29 is 87.3 Å². The number of hydrogen-bond donors (Lipinski definition) is 5. The molecule has 6 aromatic rings. The van der Waals surface area contributed by atoms with Gasteiger partial charge >= 0.3 is 49.1 Å². The molecule has 20 nitrogen and oxygen atoms in total. The summed E-state index contributed by atoms with van der Waals surface area (Å²) in [6.07, 6.45) is 4.27. The van der Waals surface area contributed by atoms with Crippen LogP contribution in [0.25, 0.3) is 0 Å². The number of methoxy groups -OCH3 is 1. The number of benzene rings is 2. The first kappa shape index (κ1) is 73.0. The van der Waals surface area contributed by atoms with Gasteiger partial charge in [-0.25, -0.2) is 19.2 Å². The van der Waals surface area contributed by atoms with Gasteiger partial charge in [0.15, 0.2) is 23.0 Å². The minimum absolute atomic E-state index is 0. The zero-order valence-electron chi connectivity index (χ0n) is 51.5. The van der Waals surface area contributed by atoms with Crippen LogP contribution < -0.4 is 59.1 Å². The average molecular weight is 1270 g/mol. The van der Waals surface area contributed by atoms with Crippen LogP contribution in [0.15, 0.2) is 106 Å². The molecule has 3 radical (unpaired) electrons. The van der Waals surface area contributed by atoms with Crippen LogP contribution in [-0.2, 0) is 49.9 Å². The molecule has 2 aliphatic heterocycles. The first-order valence-corrected chi connectivity index (χ1v) is 32.0. The summed E-state index contributed by atoms with van der Waals surface area (Å²) in [5, 5.41) is 29.2. The van der Waals surface area contributed by atoms with Gasteiger partial charge in [-0.3, -0.25) is 14.6 Å². The number of thiophene rings is 4. The van der Waals surface area contributed by atoms with Gasteiger partial charge in [0.1, 0.15) is 13.2 Å². The monoisotopic (exact) mass is 1270 g/mol. The predicted octanol–water partition coefficient (Wildman–Crippen LogP) is 9.28. The molecule has 0 aliphatic carbocycles. The van der Waals surface area contributed by atoms with E-state index >= 15 is 0 Å². The zero-order chi connectivity index (χ0) is 60.6. The second kappa shape index (κ2) is 40.9. The van der Waals surface area contributed by atoms with Crippen molar-refractivity contribution in [2.45, 2.75) is 129 Å². The Kier molecular flexibility index (Phi) is 34.4. The van der Waals surface area contributed by atoms with Crippen LogP contribution in [0.3, 0.4) is 0 Å². The molecule has 4 aromatic heterocycles. The minimum atomic E-state index is -0.668. The number of nitrogens with one attached hydrogen (secondary N) is 4. The third-order valence-corrected chi connectivity index (χ3v) is 16.6. The number of aliphatic hydroxyl groups is 1. The van der Waals surface area contributed by atoms with Crippen molar-refractivity contribution in [2.75, 3.05) is 53.7 Å². The van der Waals surface area contributed by atoms with E-state index in [9.17, 15) is 29.1 Å². The van der Waals surface area contributed by atoms with Gasteiger partial charge in [-0.15, -0.1) is 45.3 Å². The Morgan fingerprint density at radius 3 is 1.30 bits per heavy atom. The van der Waals surface area contributed by atoms with Gasteiger partial charge in [0.2, 0.25) is 13.6 Å². The average Bonchev–Trinajstić information content (AvgIpc) is 4.54. The van der Waals surface area contributed by atoms with Crippen molar-refractivity contribution in [1.82, 2.24) is 31.1 Å². The molecule has 467 valence electrons. The number of carbonyl (C=O) groups is 5. The number of hydrogen-bond acceptors (Lipinski definition) is 18. The number of carbonyl (C=O) groups excluding carboxylic acids is 5. The molecule has 6 amide bonds. The molecule has 6 heterocycles. The van der Waals surface area contributed by atoms with Crippen molar-refractivity contribution in [3.05, 3.63) is 137 Å². The fourth-order valence-electron chi connectivity index (χ4n) is 8.74. The Morgan fingerprint density at radius 2 is 0.954 bits per heavy atom. The van der Waals surface area contributed by atoms with Crippen LogP contribution in [0, 0.1) is 0 Å². The molecule has 26 heteroatoms. The summed E-state index contributed by atoms with van der Waals surface area (Å²) < 4.78 is 42.8.